The number of carbonyl (C=O) groups is 4. The number of hydrogen-bond donors (Lipinski definition) is 3. The van der Waals surface area contributed by atoms with Crippen LogP contribution in [0.2, 0.25) is 0 Å². The minimum atomic E-state index is -1.12. The standard InChI is InChI=1S/C24H37N3O7/c1-8-33-19(29)12-13-25-21(30)20(17-10-9-11-18(28)14-17)27(15(2)3)22(31)16(4)26-23(32)34-24(5,6)7/h9-11,14-16,20,28H,8,12-13H2,1-7H3,(H,25,30)(H,26,32). The van der Waals surface area contributed by atoms with Crippen molar-refractivity contribution in [3.63, 3.8) is 0 Å². The van der Waals surface area contributed by atoms with E-state index in [0.29, 0.717) is 5.56 Å². The molecule has 0 aliphatic heterocycles. The number of alkyl carbamates (subject to hydrolysis) is 1. The van der Waals surface area contributed by atoms with Gasteiger partial charge in [-0.2, -0.15) is 0 Å². The summed E-state index contributed by atoms with van der Waals surface area (Å²) in [6, 6.07) is 3.46. The number of nitrogens with one attached hydrogen (secondary N) is 2. The Labute approximate surface area is 201 Å². The number of phenolic OH excluding ortho intramolecular Hbond substituents is 1. The van der Waals surface area contributed by atoms with Crippen LogP contribution in [0, 0.1) is 0 Å². The van der Waals surface area contributed by atoms with E-state index in [9.17, 15) is 24.3 Å². The smallest absolute Gasteiger partial charge is 0.408 e. The highest BCUT2D eigenvalue weighted by atomic mass is 16.6. The van der Waals surface area contributed by atoms with Crippen LogP contribution in [0.3, 0.4) is 0 Å². The van der Waals surface area contributed by atoms with E-state index in [1.807, 2.05) is 0 Å². The SMILES string of the molecule is CCOC(=O)CCNC(=O)C(c1cccc(O)c1)N(C(=O)C(C)NC(=O)OC(C)(C)C)C(C)C. The fourth-order valence-corrected chi connectivity index (χ4v) is 3.20. The van der Waals surface area contributed by atoms with Crippen LogP contribution in [-0.4, -0.2) is 64.7 Å². The summed E-state index contributed by atoms with van der Waals surface area (Å²) in [5, 5.41) is 15.1. The molecule has 0 saturated heterocycles. The molecule has 10 heteroatoms. The van der Waals surface area contributed by atoms with Crippen molar-refractivity contribution < 1.29 is 33.8 Å². The molecule has 3 amide bonds. The maximum Gasteiger partial charge on any atom is 0.408 e. The molecule has 2 atom stereocenters. The lowest BCUT2D eigenvalue weighted by Gasteiger charge is -2.36. The van der Waals surface area contributed by atoms with Gasteiger partial charge in [0.1, 0.15) is 23.4 Å². The summed E-state index contributed by atoms with van der Waals surface area (Å²) in [7, 11) is 0. The number of amides is 3. The molecule has 0 aliphatic carbocycles. The van der Waals surface area contributed by atoms with E-state index in [-0.39, 0.29) is 25.3 Å². The van der Waals surface area contributed by atoms with Crippen molar-refractivity contribution in [2.24, 2.45) is 0 Å². The van der Waals surface area contributed by atoms with Crippen molar-refractivity contribution in [1.82, 2.24) is 15.5 Å². The van der Waals surface area contributed by atoms with E-state index in [1.54, 1.807) is 53.7 Å². The van der Waals surface area contributed by atoms with Crippen molar-refractivity contribution in [3.8, 4) is 5.75 Å². The zero-order chi connectivity index (χ0) is 26.1. The Kier molecular flexibility index (Phi) is 10.8. The minimum Gasteiger partial charge on any atom is -0.508 e. The number of nitrogens with zero attached hydrogens (tertiary/aromatic N) is 1. The highest BCUT2D eigenvalue weighted by Gasteiger charge is 2.36. The van der Waals surface area contributed by atoms with Crippen LogP contribution >= 0.6 is 0 Å². The fraction of sp³-hybridized carbons (Fsp3) is 0.583. The Morgan fingerprint density at radius 1 is 1.12 bits per heavy atom. The largest absolute Gasteiger partial charge is 0.508 e. The molecule has 34 heavy (non-hydrogen) atoms. The summed E-state index contributed by atoms with van der Waals surface area (Å²) in [5.41, 5.74) is -0.367. The number of ether oxygens (including phenoxy) is 2. The van der Waals surface area contributed by atoms with Crippen LogP contribution in [0.15, 0.2) is 24.3 Å². The Morgan fingerprint density at radius 3 is 2.29 bits per heavy atom. The first-order valence-electron chi connectivity index (χ1n) is 11.3. The van der Waals surface area contributed by atoms with Crippen LogP contribution in [0.1, 0.15) is 66.5 Å². The molecular formula is C24H37N3O7. The average Bonchev–Trinajstić information content (AvgIpc) is 2.69. The third-order valence-corrected chi connectivity index (χ3v) is 4.56. The van der Waals surface area contributed by atoms with E-state index >= 15 is 0 Å². The van der Waals surface area contributed by atoms with Crippen LogP contribution in [-0.2, 0) is 23.9 Å². The van der Waals surface area contributed by atoms with Crippen LogP contribution < -0.4 is 10.6 Å². The average molecular weight is 480 g/mol. The molecule has 3 N–H and O–H groups in total. The maximum atomic E-state index is 13.4. The number of rotatable bonds is 10. The Bertz CT molecular complexity index is 864. The van der Waals surface area contributed by atoms with E-state index in [4.69, 9.17) is 9.47 Å². The van der Waals surface area contributed by atoms with Crippen molar-refractivity contribution >= 4 is 23.9 Å². The number of esters is 1. The number of hydrogen-bond acceptors (Lipinski definition) is 7. The van der Waals surface area contributed by atoms with Gasteiger partial charge in [0.25, 0.3) is 0 Å². The van der Waals surface area contributed by atoms with Crippen molar-refractivity contribution in [1.29, 1.82) is 0 Å². The van der Waals surface area contributed by atoms with Gasteiger partial charge in [-0.25, -0.2) is 4.79 Å². The molecule has 1 aromatic carbocycles. The summed E-state index contributed by atoms with van der Waals surface area (Å²) in [6.07, 6.45) is -0.789. The molecule has 1 rings (SSSR count). The molecular weight excluding hydrogens is 442 g/mol. The Hall–Kier alpha value is -3.30. The van der Waals surface area contributed by atoms with Gasteiger partial charge in [0.05, 0.1) is 13.0 Å². The fourth-order valence-electron chi connectivity index (χ4n) is 3.20. The molecule has 0 aliphatic rings. The van der Waals surface area contributed by atoms with Gasteiger partial charge in [-0.1, -0.05) is 12.1 Å². The highest BCUT2D eigenvalue weighted by Crippen LogP contribution is 2.27. The summed E-state index contributed by atoms with van der Waals surface area (Å²) in [6.45, 7) is 12.0. The molecule has 190 valence electrons. The Morgan fingerprint density at radius 2 is 1.76 bits per heavy atom. The van der Waals surface area contributed by atoms with Gasteiger partial charge in [-0.15, -0.1) is 0 Å². The second-order valence-corrected chi connectivity index (χ2v) is 9.05. The summed E-state index contributed by atoms with van der Waals surface area (Å²) < 4.78 is 10.1. The van der Waals surface area contributed by atoms with E-state index in [2.05, 4.69) is 10.6 Å². The monoisotopic (exact) mass is 479 g/mol. The first kappa shape index (κ1) is 28.7. The maximum absolute atomic E-state index is 13.4. The normalized spacial score (nSPS) is 12.9. The lowest BCUT2D eigenvalue weighted by atomic mass is 10.0. The molecule has 2 unspecified atom stereocenters. The first-order chi connectivity index (χ1) is 15.8. The zero-order valence-electron chi connectivity index (χ0n) is 21.0. The third-order valence-electron chi connectivity index (χ3n) is 4.56. The van der Waals surface area contributed by atoms with Gasteiger partial charge in [-0.05, 0) is 66.2 Å². The quantitative estimate of drug-likeness (QED) is 0.439. The Balaban J connectivity index is 3.18. The van der Waals surface area contributed by atoms with Gasteiger partial charge >= 0.3 is 12.1 Å². The molecule has 0 fully saturated rings. The predicted molar refractivity (Wildman–Crippen MR) is 126 cm³/mol. The van der Waals surface area contributed by atoms with Gasteiger partial charge in [0.15, 0.2) is 0 Å². The number of carbonyl (C=O) groups excluding carboxylic acids is 4. The predicted octanol–water partition coefficient (Wildman–Crippen LogP) is 2.65. The van der Waals surface area contributed by atoms with Crippen LogP contribution in [0.4, 0.5) is 4.79 Å². The molecule has 1 aromatic rings. The second kappa shape index (κ2) is 12.8. The highest BCUT2D eigenvalue weighted by molar-refractivity contribution is 5.92. The number of benzene rings is 1. The molecule has 0 spiro atoms. The van der Waals surface area contributed by atoms with Gasteiger partial charge in [0, 0.05) is 12.6 Å². The lowest BCUT2D eigenvalue weighted by molar-refractivity contribution is -0.145. The molecule has 0 radical (unpaired) electrons. The third kappa shape index (κ3) is 9.29. The summed E-state index contributed by atoms with van der Waals surface area (Å²) in [5.74, 6) is -1.59. The van der Waals surface area contributed by atoms with E-state index in [0.717, 1.165) is 0 Å². The molecule has 0 heterocycles. The van der Waals surface area contributed by atoms with Crippen molar-refractivity contribution in [2.45, 2.75) is 78.6 Å². The molecule has 0 aromatic heterocycles. The zero-order valence-corrected chi connectivity index (χ0v) is 21.0. The van der Waals surface area contributed by atoms with Gasteiger partial charge < -0.3 is 30.1 Å². The van der Waals surface area contributed by atoms with Crippen LogP contribution in [0.25, 0.3) is 0 Å². The van der Waals surface area contributed by atoms with Gasteiger partial charge in [0.2, 0.25) is 11.8 Å². The van der Waals surface area contributed by atoms with Crippen LogP contribution in [0.5, 0.6) is 5.75 Å². The minimum absolute atomic E-state index is 0.0127. The number of aromatic hydroxyl groups is 1. The molecule has 0 bridgehead atoms. The lowest BCUT2D eigenvalue weighted by Crippen LogP contribution is -2.54. The van der Waals surface area contributed by atoms with Gasteiger partial charge in [-0.3, -0.25) is 14.4 Å². The summed E-state index contributed by atoms with van der Waals surface area (Å²) in [4.78, 5) is 51.8. The second-order valence-electron chi connectivity index (χ2n) is 9.05. The molecule has 0 saturated carbocycles. The van der Waals surface area contributed by atoms with Crippen molar-refractivity contribution in [3.05, 3.63) is 29.8 Å². The van der Waals surface area contributed by atoms with E-state index < -0.39 is 47.6 Å². The molecule has 10 nitrogen and oxygen atoms in total. The number of phenols is 1. The topological polar surface area (TPSA) is 134 Å². The van der Waals surface area contributed by atoms with Crippen molar-refractivity contribution in [2.75, 3.05) is 13.2 Å². The van der Waals surface area contributed by atoms with E-state index in [1.165, 1.54) is 24.0 Å². The summed E-state index contributed by atoms with van der Waals surface area (Å²) >= 11 is 0. The first-order valence-corrected chi connectivity index (χ1v) is 11.3.